The van der Waals surface area contributed by atoms with Gasteiger partial charge in [-0.3, -0.25) is 0 Å². The van der Waals surface area contributed by atoms with Gasteiger partial charge >= 0.3 is 0 Å². The van der Waals surface area contributed by atoms with Gasteiger partial charge in [0.2, 0.25) is 0 Å². The molecule has 0 aromatic heterocycles. The number of anilines is 1. The Labute approximate surface area is 174 Å². The summed E-state index contributed by atoms with van der Waals surface area (Å²) in [6.07, 6.45) is 15.1. The number of fused-ring (bicyclic) bond motifs is 1. The van der Waals surface area contributed by atoms with Crippen molar-refractivity contribution in [3.05, 3.63) is 23.8 Å². The van der Waals surface area contributed by atoms with Gasteiger partial charge in [0.15, 0.2) is 0 Å². The molecule has 0 amide bonds. The van der Waals surface area contributed by atoms with Crippen LogP contribution in [-0.4, -0.2) is 44.7 Å². The summed E-state index contributed by atoms with van der Waals surface area (Å²) in [5, 5.41) is 0. The molecule has 0 radical (unpaired) electrons. The molecule has 0 saturated heterocycles. The van der Waals surface area contributed by atoms with Crippen LogP contribution in [0.4, 0.5) is 5.69 Å². The molecule has 0 aliphatic carbocycles. The van der Waals surface area contributed by atoms with E-state index in [-0.39, 0.29) is 0 Å². The fourth-order valence-electron chi connectivity index (χ4n) is 4.43. The number of hydrogen-bond acceptors (Lipinski definition) is 3. The maximum absolute atomic E-state index is 5.38. The molecule has 28 heavy (non-hydrogen) atoms. The predicted molar refractivity (Wildman–Crippen MR) is 123 cm³/mol. The van der Waals surface area contributed by atoms with Crippen LogP contribution in [0.25, 0.3) is 0 Å². The Morgan fingerprint density at radius 1 is 0.893 bits per heavy atom. The number of rotatable bonds is 15. The SMILES string of the molecule is CCN(CC)CCCCCCCCCCCN1CCCc2cc(OC)ccc21. The molecule has 3 nitrogen and oxygen atoms in total. The first-order valence-corrected chi connectivity index (χ1v) is 11.9. The Bertz CT molecular complexity index is 527. The van der Waals surface area contributed by atoms with Crippen LogP contribution in [0.5, 0.6) is 5.75 Å². The molecule has 0 spiro atoms. The molecule has 1 heterocycles. The van der Waals surface area contributed by atoms with Crippen LogP contribution in [0.1, 0.15) is 83.6 Å². The highest BCUT2D eigenvalue weighted by Gasteiger charge is 2.16. The van der Waals surface area contributed by atoms with Crippen molar-refractivity contribution in [2.45, 2.75) is 84.5 Å². The number of unbranched alkanes of at least 4 members (excludes halogenated alkanes) is 8. The zero-order valence-corrected chi connectivity index (χ0v) is 18.8. The average molecular weight is 389 g/mol. The Morgan fingerprint density at radius 2 is 1.54 bits per heavy atom. The minimum Gasteiger partial charge on any atom is -0.497 e. The molecule has 1 aliphatic heterocycles. The molecule has 0 N–H and O–H groups in total. The zero-order valence-electron chi connectivity index (χ0n) is 18.8. The lowest BCUT2D eigenvalue weighted by molar-refractivity contribution is 0.295. The Balaban J connectivity index is 1.48. The second kappa shape index (κ2) is 13.9. The van der Waals surface area contributed by atoms with Crippen molar-refractivity contribution in [3.63, 3.8) is 0 Å². The first-order chi connectivity index (χ1) is 13.8. The van der Waals surface area contributed by atoms with Gasteiger partial charge in [-0.25, -0.2) is 0 Å². The van der Waals surface area contributed by atoms with Crippen LogP contribution in [0.15, 0.2) is 18.2 Å². The zero-order chi connectivity index (χ0) is 20.0. The number of benzene rings is 1. The van der Waals surface area contributed by atoms with E-state index in [2.05, 4.69) is 41.8 Å². The van der Waals surface area contributed by atoms with E-state index in [9.17, 15) is 0 Å². The van der Waals surface area contributed by atoms with Gasteiger partial charge in [0.25, 0.3) is 0 Å². The van der Waals surface area contributed by atoms with Crippen LogP contribution < -0.4 is 9.64 Å². The third-order valence-electron chi connectivity index (χ3n) is 6.30. The second-order valence-corrected chi connectivity index (χ2v) is 8.29. The van der Waals surface area contributed by atoms with Crippen molar-refractivity contribution in [2.75, 3.05) is 44.7 Å². The molecule has 1 aliphatic rings. The quantitative estimate of drug-likeness (QED) is 0.328. The fraction of sp³-hybridized carbons (Fsp3) is 0.760. The van der Waals surface area contributed by atoms with Crippen LogP contribution in [0.2, 0.25) is 0 Å². The summed E-state index contributed by atoms with van der Waals surface area (Å²) in [7, 11) is 1.76. The van der Waals surface area contributed by atoms with Gasteiger partial charge in [0.1, 0.15) is 5.75 Å². The van der Waals surface area contributed by atoms with Gasteiger partial charge in [0.05, 0.1) is 7.11 Å². The number of ether oxygens (including phenoxy) is 1. The predicted octanol–water partition coefficient (Wildman–Crippen LogP) is 6.30. The summed E-state index contributed by atoms with van der Waals surface area (Å²) >= 11 is 0. The standard InChI is InChI=1S/C25H44N2O/c1-4-26(5-2)19-13-11-9-7-6-8-10-12-14-20-27-21-15-16-23-22-24(28-3)17-18-25(23)27/h17-18,22H,4-16,19-21H2,1-3H3. The maximum atomic E-state index is 5.38. The van der Waals surface area contributed by atoms with E-state index >= 15 is 0 Å². The van der Waals surface area contributed by atoms with Crippen molar-refractivity contribution in [1.82, 2.24) is 4.90 Å². The Hall–Kier alpha value is -1.22. The molecule has 2 rings (SSSR count). The molecular weight excluding hydrogens is 344 g/mol. The van der Waals surface area contributed by atoms with Crippen molar-refractivity contribution in [3.8, 4) is 5.75 Å². The minimum absolute atomic E-state index is 0.994. The molecule has 160 valence electrons. The van der Waals surface area contributed by atoms with E-state index < -0.39 is 0 Å². The Morgan fingerprint density at radius 3 is 2.18 bits per heavy atom. The van der Waals surface area contributed by atoms with E-state index in [0.717, 1.165) is 5.75 Å². The smallest absolute Gasteiger partial charge is 0.119 e. The summed E-state index contributed by atoms with van der Waals surface area (Å²) in [5.74, 6) is 0.994. The lowest BCUT2D eigenvalue weighted by Crippen LogP contribution is -2.30. The van der Waals surface area contributed by atoms with Gasteiger partial charge in [-0.2, -0.15) is 0 Å². The summed E-state index contributed by atoms with van der Waals surface area (Å²) in [6, 6.07) is 6.59. The third kappa shape index (κ3) is 8.03. The summed E-state index contributed by atoms with van der Waals surface area (Å²) in [6.45, 7) is 10.7. The van der Waals surface area contributed by atoms with Crippen LogP contribution in [-0.2, 0) is 6.42 Å². The number of hydrogen-bond donors (Lipinski definition) is 0. The summed E-state index contributed by atoms with van der Waals surface area (Å²) in [4.78, 5) is 5.13. The molecule has 0 atom stereocenters. The minimum atomic E-state index is 0.994. The molecule has 1 aromatic rings. The largest absolute Gasteiger partial charge is 0.497 e. The topological polar surface area (TPSA) is 15.7 Å². The van der Waals surface area contributed by atoms with Crippen LogP contribution in [0.3, 0.4) is 0 Å². The van der Waals surface area contributed by atoms with Gasteiger partial charge < -0.3 is 14.5 Å². The normalized spacial score (nSPS) is 13.8. The Kier molecular flexibility index (Phi) is 11.4. The molecule has 3 heteroatoms. The van der Waals surface area contributed by atoms with Crippen molar-refractivity contribution in [2.24, 2.45) is 0 Å². The van der Waals surface area contributed by atoms with Crippen LogP contribution in [0, 0.1) is 0 Å². The molecular formula is C25H44N2O. The van der Waals surface area contributed by atoms with E-state index in [4.69, 9.17) is 4.74 Å². The van der Waals surface area contributed by atoms with Crippen LogP contribution >= 0.6 is 0 Å². The van der Waals surface area contributed by atoms with Crippen molar-refractivity contribution >= 4 is 5.69 Å². The highest BCUT2D eigenvalue weighted by molar-refractivity contribution is 5.58. The highest BCUT2D eigenvalue weighted by atomic mass is 16.5. The second-order valence-electron chi connectivity index (χ2n) is 8.29. The van der Waals surface area contributed by atoms with Gasteiger partial charge in [0, 0.05) is 18.8 Å². The van der Waals surface area contributed by atoms with Gasteiger partial charge in [-0.15, -0.1) is 0 Å². The van der Waals surface area contributed by atoms with E-state index in [1.54, 1.807) is 7.11 Å². The van der Waals surface area contributed by atoms with Crippen molar-refractivity contribution in [1.29, 1.82) is 0 Å². The first kappa shape index (κ1) is 23.1. The number of aryl methyl sites for hydroxylation is 1. The van der Waals surface area contributed by atoms with Gasteiger partial charge in [-0.05, 0) is 69.1 Å². The number of nitrogens with zero attached hydrogens (tertiary/aromatic N) is 2. The van der Waals surface area contributed by atoms with E-state index in [1.807, 2.05) is 0 Å². The maximum Gasteiger partial charge on any atom is 0.119 e. The number of methoxy groups -OCH3 is 1. The van der Waals surface area contributed by atoms with Gasteiger partial charge in [-0.1, -0.05) is 58.8 Å². The fourth-order valence-corrected chi connectivity index (χ4v) is 4.43. The molecule has 0 unspecified atom stereocenters. The first-order valence-electron chi connectivity index (χ1n) is 11.9. The lowest BCUT2D eigenvalue weighted by atomic mass is 10.0. The average Bonchev–Trinajstić information content (AvgIpc) is 2.74. The van der Waals surface area contributed by atoms with E-state index in [1.165, 1.54) is 115 Å². The highest BCUT2D eigenvalue weighted by Crippen LogP contribution is 2.30. The molecule has 1 aromatic carbocycles. The monoisotopic (exact) mass is 388 g/mol. The molecule has 0 bridgehead atoms. The summed E-state index contributed by atoms with van der Waals surface area (Å²) in [5.41, 5.74) is 2.91. The third-order valence-corrected chi connectivity index (χ3v) is 6.30. The lowest BCUT2D eigenvalue weighted by Gasteiger charge is -2.31. The van der Waals surface area contributed by atoms with Crippen molar-refractivity contribution < 1.29 is 4.74 Å². The molecule has 0 fully saturated rings. The van der Waals surface area contributed by atoms with E-state index in [0.29, 0.717) is 0 Å². The summed E-state index contributed by atoms with van der Waals surface area (Å²) < 4.78 is 5.38. The molecule has 0 saturated carbocycles.